The van der Waals surface area contributed by atoms with Crippen molar-refractivity contribution in [3.8, 4) is 0 Å². The Hall–Kier alpha value is -3.84. The van der Waals surface area contributed by atoms with E-state index in [0.29, 0.717) is 29.2 Å². The summed E-state index contributed by atoms with van der Waals surface area (Å²) in [5.74, 6) is -0.750. The smallest absolute Gasteiger partial charge is 0.408 e. The molecule has 8 heteroatoms. The predicted octanol–water partition coefficient (Wildman–Crippen LogP) is 8.26. The first-order chi connectivity index (χ1) is 21.0. The van der Waals surface area contributed by atoms with E-state index in [0.717, 1.165) is 36.8 Å². The van der Waals surface area contributed by atoms with Crippen molar-refractivity contribution in [2.24, 2.45) is 0 Å². The van der Waals surface area contributed by atoms with Crippen LogP contribution in [0.1, 0.15) is 82.5 Å². The van der Waals surface area contributed by atoms with E-state index in [9.17, 15) is 14.4 Å². The van der Waals surface area contributed by atoms with Crippen LogP contribution in [0.25, 0.3) is 0 Å². The lowest BCUT2D eigenvalue weighted by atomic mass is 9.99. The third-order valence-corrected chi connectivity index (χ3v) is 7.52. The van der Waals surface area contributed by atoms with E-state index in [4.69, 9.17) is 16.3 Å². The van der Waals surface area contributed by atoms with Gasteiger partial charge in [-0.1, -0.05) is 117 Å². The van der Waals surface area contributed by atoms with Gasteiger partial charge < -0.3 is 20.3 Å². The van der Waals surface area contributed by atoms with Crippen molar-refractivity contribution in [2.75, 3.05) is 11.9 Å². The van der Waals surface area contributed by atoms with E-state index in [1.807, 2.05) is 79.7 Å². The Kier molecular flexibility index (Phi) is 13.3. The molecule has 0 aliphatic rings. The molecular weight excluding hydrogens is 574 g/mol. The number of amides is 3. The number of alkyl carbamates (subject to hydrolysis) is 1. The molecule has 3 rings (SSSR count). The van der Waals surface area contributed by atoms with Crippen molar-refractivity contribution in [1.29, 1.82) is 0 Å². The van der Waals surface area contributed by atoms with Gasteiger partial charge in [0.05, 0.1) is 10.7 Å². The minimum Gasteiger partial charge on any atom is -0.444 e. The molecule has 0 spiro atoms. The number of hydrogen-bond donors (Lipinski definition) is 2. The second kappa shape index (κ2) is 16.9. The Balaban J connectivity index is 2.05. The molecule has 44 heavy (non-hydrogen) atoms. The van der Waals surface area contributed by atoms with Gasteiger partial charge in [-0.2, -0.15) is 0 Å². The molecule has 0 saturated heterocycles. The summed E-state index contributed by atoms with van der Waals surface area (Å²) in [5, 5.41) is 6.24. The predicted molar refractivity (Wildman–Crippen MR) is 178 cm³/mol. The molecule has 2 N–H and O–H groups in total. The summed E-state index contributed by atoms with van der Waals surface area (Å²) in [4.78, 5) is 43.5. The average molecular weight is 620 g/mol. The molecule has 0 aliphatic carbocycles. The van der Waals surface area contributed by atoms with E-state index >= 15 is 0 Å². The van der Waals surface area contributed by atoms with Crippen LogP contribution in [0.5, 0.6) is 0 Å². The highest BCUT2D eigenvalue weighted by molar-refractivity contribution is 6.34. The van der Waals surface area contributed by atoms with Crippen LogP contribution >= 0.6 is 11.6 Å². The zero-order valence-corrected chi connectivity index (χ0v) is 27.3. The van der Waals surface area contributed by atoms with Crippen molar-refractivity contribution in [3.05, 3.63) is 101 Å². The van der Waals surface area contributed by atoms with Crippen molar-refractivity contribution in [1.82, 2.24) is 10.2 Å². The number of unbranched alkanes of at least 4 members (excludes halogenated alkanes) is 4. The van der Waals surface area contributed by atoms with Gasteiger partial charge in [-0.15, -0.1) is 0 Å². The van der Waals surface area contributed by atoms with E-state index in [1.54, 1.807) is 31.7 Å². The number of halogens is 1. The monoisotopic (exact) mass is 619 g/mol. The van der Waals surface area contributed by atoms with E-state index in [2.05, 4.69) is 17.6 Å². The van der Waals surface area contributed by atoms with Gasteiger partial charge in [0, 0.05) is 13.0 Å². The first-order valence-corrected chi connectivity index (χ1v) is 15.8. The highest BCUT2D eigenvalue weighted by atomic mass is 35.5. The quantitative estimate of drug-likeness (QED) is 0.178. The van der Waals surface area contributed by atoms with Crippen LogP contribution in [0.3, 0.4) is 0 Å². The highest BCUT2D eigenvalue weighted by Gasteiger charge is 2.36. The Morgan fingerprint density at radius 3 is 2.11 bits per heavy atom. The summed E-state index contributed by atoms with van der Waals surface area (Å²) in [6, 6.07) is 22.2. The van der Waals surface area contributed by atoms with Gasteiger partial charge in [0.1, 0.15) is 17.7 Å². The summed E-state index contributed by atoms with van der Waals surface area (Å²) in [7, 11) is 0. The third kappa shape index (κ3) is 10.7. The van der Waals surface area contributed by atoms with Gasteiger partial charge in [0.2, 0.25) is 5.91 Å². The number of carbonyl (C=O) groups is 3. The van der Waals surface area contributed by atoms with Gasteiger partial charge >= 0.3 is 6.09 Å². The van der Waals surface area contributed by atoms with Crippen LogP contribution in [0.15, 0.2) is 78.9 Å². The fraction of sp³-hybridized carbons (Fsp3) is 0.417. The standard InChI is InChI=1S/C36H46ClN3O4/c1-6-7-8-9-16-24-40(34(42)30(25-27-19-12-10-13-20-27)38-35(43)44-36(3,4)5)32(28-21-14-11-15-22-28)33(41)39-31-26(2)18-17-23-29(31)37/h10-15,17-23,30,32H,6-9,16,24-25H2,1-5H3,(H,38,43)(H,39,41). The van der Waals surface area contributed by atoms with Gasteiger partial charge in [-0.3, -0.25) is 9.59 Å². The number of ether oxygens (including phenoxy) is 1. The lowest BCUT2D eigenvalue weighted by Crippen LogP contribution is -2.53. The van der Waals surface area contributed by atoms with E-state index in [1.165, 1.54) is 0 Å². The molecule has 0 bridgehead atoms. The molecule has 7 nitrogen and oxygen atoms in total. The van der Waals surface area contributed by atoms with Gasteiger partial charge in [-0.25, -0.2) is 4.79 Å². The molecule has 0 radical (unpaired) electrons. The second-order valence-corrected chi connectivity index (χ2v) is 12.5. The van der Waals surface area contributed by atoms with Crippen LogP contribution in [0, 0.1) is 6.92 Å². The SMILES string of the molecule is CCCCCCCN(C(=O)C(Cc1ccccc1)NC(=O)OC(C)(C)C)C(C(=O)Nc1c(C)cccc1Cl)c1ccccc1. The van der Waals surface area contributed by atoms with Gasteiger partial charge in [-0.05, 0) is 56.9 Å². The zero-order valence-electron chi connectivity index (χ0n) is 26.6. The summed E-state index contributed by atoms with van der Waals surface area (Å²) < 4.78 is 5.54. The topological polar surface area (TPSA) is 87.7 Å². The van der Waals surface area contributed by atoms with Crippen LogP contribution in [-0.2, 0) is 20.7 Å². The summed E-state index contributed by atoms with van der Waals surface area (Å²) in [6.07, 6.45) is 4.38. The minimum absolute atomic E-state index is 0.234. The van der Waals surface area contributed by atoms with E-state index in [-0.39, 0.29) is 18.2 Å². The molecule has 0 fully saturated rings. The second-order valence-electron chi connectivity index (χ2n) is 12.1. The molecule has 0 aromatic heterocycles. The first kappa shape index (κ1) is 34.6. The molecule has 3 aromatic rings. The molecule has 2 unspecified atom stereocenters. The lowest BCUT2D eigenvalue weighted by Gasteiger charge is -2.35. The first-order valence-electron chi connectivity index (χ1n) is 15.4. The van der Waals surface area contributed by atoms with Crippen LogP contribution < -0.4 is 10.6 Å². The maximum Gasteiger partial charge on any atom is 0.408 e. The maximum atomic E-state index is 14.6. The Labute approximate surface area is 267 Å². The lowest BCUT2D eigenvalue weighted by molar-refractivity contribution is -0.140. The Morgan fingerprint density at radius 2 is 1.50 bits per heavy atom. The fourth-order valence-corrected chi connectivity index (χ4v) is 5.31. The molecule has 236 valence electrons. The largest absolute Gasteiger partial charge is 0.444 e. The van der Waals surface area contributed by atoms with Crippen LogP contribution in [0.4, 0.5) is 10.5 Å². The number of aryl methyl sites for hydroxylation is 1. The summed E-state index contributed by atoms with van der Waals surface area (Å²) in [6.45, 7) is 9.68. The number of para-hydroxylation sites is 1. The number of rotatable bonds is 14. The molecular formula is C36H46ClN3O4. The van der Waals surface area contributed by atoms with Crippen molar-refractivity contribution < 1.29 is 19.1 Å². The number of benzene rings is 3. The Bertz CT molecular complexity index is 1340. The number of carbonyl (C=O) groups excluding carboxylic acids is 3. The molecule has 0 aliphatic heterocycles. The summed E-state index contributed by atoms with van der Waals surface area (Å²) >= 11 is 6.49. The molecule has 0 saturated carbocycles. The third-order valence-electron chi connectivity index (χ3n) is 7.20. The molecule has 3 amide bonds. The highest BCUT2D eigenvalue weighted by Crippen LogP contribution is 2.30. The van der Waals surface area contributed by atoms with E-state index < -0.39 is 23.8 Å². The van der Waals surface area contributed by atoms with Crippen LogP contribution in [0.2, 0.25) is 5.02 Å². The number of nitrogens with zero attached hydrogens (tertiary/aromatic N) is 1. The normalized spacial score (nSPS) is 12.6. The number of nitrogens with one attached hydrogen (secondary N) is 2. The van der Waals surface area contributed by atoms with Crippen molar-refractivity contribution in [2.45, 2.75) is 90.8 Å². The van der Waals surface area contributed by atoms with Crippen LogP contribution in [-0.4, -0.2) is 41.0 Å². The molecule has 0 heterocycles. The zero-order chi connectivity index (χ0) is 32.1. The Morgan fingerprint density at radius 1 is 0.864 bits per heavy atom. The summed E-state index contributed by atoms with van der Waals surface area (Å²) in [5.41, 5.74) is 2.10. The maximum absolute atomic E-state index is 14.6. The molecule has 2 atom stereocenters. The minimum atomic E-state index is -0.969. The van der Waals surface area contributed by atoms with Gasteiger partial charge in [0.25, 0.3) is 5.91 Å². The molecule has 3 aromatic carbocycles. The van der Waals surface area contributed by atoms with Crippen molar-refractivity contribution in [3.63, 3.8) is 0 Å². The fourth-order valence-electron chi connectivity index (χ4n) is 5.04. The van der Waals surface area contributed by atoms with Crippen molar-refractivity contribution >= 4 is 35.2 Å². The number of hydrogen-bond acceptors (Lipinski definition) is 4. The number of anilines is 1. The van der Waals surface area contributed by atoms with Gasteiger partial charge in [0.15, 0.2) is 0 Å². The average Bonchev–Trinajstić information content (AvgIpc) is 2.97.